The Morgan fingerprint density at radius 1 is 0.640 bits per heavy atom. The van der Waals surface area contributed by atoms with E-state index in [2.05, 4.69) is 0 Å². The SMILES string of the molecule is NC(CCOCCC(N)OOc1ccccc1)OOc1ccccc1. The molecule has 2 aromatic carbocycles. The van der Waals surface area contributed by atoms with Crippen LogP contribution in [-0.2, 0) is 14.5 Å². The third-order valence-corrected chi connectivity index (χ3v) is 3.12. The van der Waals surface area contributed by atoms with Crippen molar-refractivity contribution in [2.24, 2.45) is 11.5 Å². The summed E-state index contributed by atoms with van der Waals surface area (Å²) < 4.78 is 5.45. The van der Waals surface area contributed by atoms with Gasteiger partial charge in [-0.05, 0) is 24.3 Å². The van der Waals surface area contributed by atoms with Gasteiger partial charge in [-0.15, -0.1) is 0 Å². The molecule has 0 aliphatic heterocycles. The van der Waals surface area contributed by atoms with Gasteiger partial charge in [-0.2, -0.15) is 9.78 Å². The van der Waals surface area contributed by atoms with Crippen LogP contribution in [0.4, 0.5) is 0 Å². The Labute approximate surface area is 147 Å². The van der Waals surface area contributed by atoms with Crippen molar-refractivity contribution in [2.75, 3.05) is 13.2 Å². The van der Waals surface area contributed by atoms with Crippen LogP contribution in [0.15, 0.2) is 60.7 Å². The van der Waals surface area contributed by atoms with E-state index in [1.807, 2.05) is 36.4 Å². The van der Waals surface area contributed by atoms with Gasteiger partial charge in [-0.3, -0.25) is 0 Å². The molecule has 0 aromatic heterocycles. The standard InChI is InChI=1S/C18H24N2O5/c19-17(24-22-15-7-3-1-4-8-15)11-13-21-14-12-18(20)25-23-16-9-5-2-6-10-16/h1-10,17-18H,11-14,19-20H2. The summed E-state index contributed by atoms with van der Waals surface area (Å²) in [4.78, 5) is 20.3. The highest BCUT2D eigenvalue weighted by atomic mass is 17.2. The van der Waals surface area contributed by atoms with Crippen LogP contribution in [0.5, 0.6) is 11.5 Å². The molecule has 2 aromatic rings. The van der Waals surface area contributed by atoms with E-state index in [-0.39, 0.29) is 0 Å². The van der Waals surface area contributed by atoms with Crippen molar-refractivity contribution < 1.29 is 24.3 Å². The van der Waals surface area contributed by atoms with Crippen molar-refractivity contribution in [3.8, 4) is 11.5 Å². The van der Waals surface area contributed by atoms with Gasteiger partial charge >= 0.3 is 0 Å². The number of para-hydroxylation sites is 2. The molecule has 0 saturated heterocycles. The predicted octanol–water partition coefficient (Wildman–Crippen LogP) is 2.37. The first-order valence-corrected chi connectivity index (χ1v) is 8.09. The molecule has 7 nitrogen and oxygen atoms in total. The summed E-state index contributed by atoms with van der Waals surface area (Å²) in [5, 5.41) is 0. The van der Waals surface area contributed by atoms with E-state index in [4.69, 9.17) is 35.8 Å². The summed E-state index contributed by atoms with van der Waals surface area (Å²) in [6.45, 7) is 0.844. The van der Waals surface area contributed by atoms with Gasteiger partial charge in [-0.1, -0.05) is 36.4 Å². The maximum Gasteiger partial charge on any atom is 0.165 e. The van der Waals surface area contributed by atoms with Gasteiger partial charge in [0.15, 0.2) is 24.0 Å². The number of rotatable bonds is 12. The highest BCUT2D eigenvalue weighted by Gasteiger charge is 2.07. The van der Waals surface area contributed by atoms with Crippen molar-refractivity contribution in [1.29, 1.82) is 0 Å². The predicted molar refractivity (Wildman–Crippen MR) is 92.3 cm³/mol. The molecule has 0 aliphatic rings. The van der Waals surface area contributed by atoms with Gasteiger partial charge in [0.05, 0.1) is 13.2 Å². The van der Waals surface area contributed by atoms with Crippen LogP contribution < -0.4 is 21.2 Å². The molecule has 0 saturated carbocycles. The summed E-state index contributed by atoms with van der Waals surface area (Å²) in [6, 6.07) is 18.3. The first kappa shape index (κ1) is 19.2. The molecule has 0 aliphatic carbocycles. The van der Waals surface area contributed by atoms with Crippen LogP contribution in [0, 0.1) is 0 Å². The number of ether oxygens (including phenoxy) is 1. The Bertz CT molecular complexity index is 519. The quantitative estimate of drug-likeness (QED) is 0.263. The number of hydrogen-bond acceptors (Lipinski definition) is 7. The van der Waals surface area contributed by atoms with Crippen molar-refractivity contribution in [1.82, 2.24) is 0 Å². The Balaban J connectivity index is 1.47. The fraction of sp³-hybridized carbons (Fsp3) is 0.333. The molecule has 0 amide bonds. The second kappa shape index (κ2) is 11.4. The van der Waals surface area contributed by atoms with E-state index in [1.165, 1.54) is 0 Å². The molecule has 136 valence electrons. The van der Waals surface area contributed by atoms with Crippen molar-refractivity contribution in [2.45, 2.75) is 25.3 Å². The van der Waals surface area contributed by atoms with Gasteiger partial charge in [0, 0.05) is 12.8 Å². The molecule has 2 atom stereocenters. The summed E-state index contributed by atoms with van der Waals surface area (Å²) >= 11 is 0. The molecule has 0 heterocycles. The Hall–Kier alpha value is -2.16. The molecule has 0 spiro atoms. The molecule has 0 radical (unpaired) electrons. The van der Waals surface area contributed by atoms with E-state index >= 15 is 0 Å². The van der Waals surface area contributed by atoms with Crippen LogP contribution in [0.25, 0.3) is 0 Å². The summed E-state index contributed by atoms with van der Waals surface area (Å²) in [5.41, 5.74) is 11.6. The van der Waals surface area contributed by atoms with Crippen LogP contribution >= 0.6 is 0 Å². The molecule has 2 rings (SSSR count). The van der Waals surface area contributed by atoms with Gasteiger partial charge in [0.2, 0.25) is 0 Å². The minimum atomic E-state index is -0.577. The van der Waals surface area contributed by atoms with Gasteiger partial charge in [-0.25, -0.2) is 0 Å². The van der Waals surface area contributed by atoms with Gasteiger partial charge < -0.3 is 26.0 Å². The summed E-state index contributed by atoms with van der Waals surface area (Å²) in [6.07, 6.45) is -0.175. The molecule has 2 unspecified atom stereocenters. The van der Waals surface area contributed by atoms with Crippen LogP contribution in [-0.4, -0.2) is 25.7 Å². The summed E-state index contributed by atoms with van der Waals surface area (Å²) in [7, 11) is 0. The number of nitrogens with two attached hydrogens (primary N) is 2. The van der Waals surface area contributed by atoms with E-state index in [0.717, 1.165) is 0 Å². The largest absolute Gasteiger partial charge is 0.381 e. The first-order chi connectivity index (χ1) is 12.2. The zero-order valence-corrected chi connectivity index (χ0v) is 14.0. The van der Waals surface area contributed by atoms with E-state index in [9.17, 15) is 0 Å². The van der Waals surface area contributed by atoms with Crippen LogP contribution in [0.2, 0.25) is 0 Å². The molecule has 4 N–H and O–H groups in total. The maximum atomic E-state index is 5.78. The second-order valence-electron chi connectivity index (χ2n) is 5.25. The molecular formula is C18H24N2O5. The zero-order chi connectivity index (χ0) is 17.7. The third kappa shape index (κ3) is 8.48. The second-order valence-corrected chi connectivity index (χ2v) is 5.25. The lowest BCUT2D eigenvalue weighted by atomic mass is 10.3. The molecule has 25 heavy (non-hydrogen) atoms. The molecule has 0 bridgehead atoms. The lowest BCUT2D eigenvalue weighted by molar-refractivity contribution is -0.250. The highest BCUT2D eigenvalue weighted by molar-refractivity contribution is 5.20. The molecule has 7 heteroatoms. The minimum Gasteiger partial charge on any atom is -0.381 e. The fourth-order valence-electron chi connectivity index (χ4n) is 1.78. The number of hydrogen-bond donors (Lipinski definition) is 2. The van der Waals surface area contributed by atoms with Gasteiger partial charge in [0.1, 0.15) is 0 Å². The lowest BCUT2D eigenvalue weighted by Crippen LogP contribution is -2.29. The highest BCUT2D eigenvalue weighted by Crippen LogP contribution is 2.10. The Morgan fingerprint density at radius 3 is 1.44 bits per heavy atom. The van der Waals surface area contributed by atoms with Crippen molar-refractivity contribution in [3.63, 3.8) is 0 Å². The Morgan fingerprint density at radius 2 is 1.04 bits per heavy atom. The van der Waals surface area contributed by atoms with Crippen molar-refractivity contribution in [3.05, 3.63) is 60.7 Å². The van der Waals surface area contributed by atoms with Crippen LogP contribution in [0.3, 0.4) is 0 Å². The normalized spacial score (nSPS) is 13.2. The minimum absolute atomic E-state index is 0.422. The van der Waals surface area contributed by atoms with Gasteiger partial charge in [0.25, 0.3) is 0 Å². The summed E-state index contributed by atoms with van der Waals surface area (Å²) in [5.74, 6) is 1.20. The number of benzene rings is 2. The average Bonchev–Trinajstić information content (AvgIpc) is 2.66. The topological polar surface area (TPSA) is 98.2 Å². The zero-order valence-electron chi connectivity index (χ0n) is 14.0. The van der Waals surface area contributed by atoms with E-state index < -0.39 is 12.5 Å². The molecule has 0 fully saturated rings. The van der Waals surface area contributed by atoms with E-state index in [1.54, 1.807) is 24.3 Å². The first-order valence-electron chi connectivity index (χ1n) is 8.09. The Kier molecular flexibility index (Phi) is 8.74. The van der Waals surface area contributed by atoms with Crippen LogP contribution in [0.1, 0.15) is 12.8 Å². The fourth-order valence-corrected chi connectivity index (χ4v) is 1.78. The average molecular weight is 348 g/mol. The monoisotopic (exact) mass is 348 g/mol. The lowest BCUT2D eigenvalue weighted by Gasteiger charge is -2.14. The maximum absolute atomic E-state index is 5.78. The smallest absolute Gasteiger partial charge is 0.165 e. The third-order valence-electron chi connectivity index (χ3n) is 3.12. The van der Waals surface area contributed by atoms with E-state index in [0.29, 0.717) is 37.6 Å². The molecular weight excluding hydrogens is 324 g/mol. The van der Waals surface area contributed by atoms with Crippen molar-refractivity contribution >= 4 is 0 Å².